The number of aliphatic hydroxyl groups is 2. The van der Waals surface area contributed by atoms with Crippen molar-refractivity contribution < 1.29 is 28.9 Å². The van der Waals surface area contributed by atoms with Crippen molar-refractivity contribution in [2.75, 3.05) is 26.4 Å². The van der Waals surface area contributed by atoms with E-state index in [0.29, 0.717) is 5.69 Å². The second kappa shape index (κ2) is 8.73. The van der Waals surface area contributed by atoms with Crippen LogP contribution in [0.15, 0.2) is 54.2 Å². The van der Waals surface area contributed by atoms with E-state index in [1.54, 1.807) is 18.2 Å². The Bertz CT molecular complexity index is 883. The van der Waals surface area contributed by atoms with Gasteiger partial charge in [-0.05, 0) is 36.4 Å². The van der Waals surface area contributed by atoms with E-state index in [9.17, 15) is 19.1 Å². The Hall–Kier alpha value is -3.10. The van der Waals surface area contributed by atoms with Crippen molar-refractivity contribution in [1.29, 1.82) is 0 Å². The quantitative estimate of drug-likeness (QED) is 0.325. The van der Waals surface area contributed by atoms with Crippen LogP contribution in [0.4, 0.5) is 4.39 Å². The molecule has 2 heterocycles. The van der Waals surface area contributed by atoms with Crippen LogP contribution < -0.4 is 0 Å². The molecule has 3 rings (SSSR count). The lowest BCUT2D eigenvalue weighted by atomic mass is 9.98. The minimum atomic E-state index is -0.899. The van der Waals surface area contributed by atoms with Gasteiger partial charge in [0.1, 0.15) is 17.6 Å². The number of rotatable bonds is 7. The number of hydrogen-bond donors (Lipinski definition) is 2. The molecule has 8 heteroatoms. The van der Waals surface area contributed by atoms with Crippen molar-refractivity contribution >= 4 is 17.4 Å². The maximum absolute atomic E-state index is 13.2. The molecule has 7 nitrogen and oxygen atoms in total. The standard InChI is InChI=1S/C20H19FN2O5/c21-14-6-4-13(5-7-14)18(25)16-17(15-3-1-2-8-22-15)23(20(27)19(16)26)9-11-28-12-10-24/h1-8,17,24-25H,9-12H2/b18-16+. The maximum Gasteiger partial charge on any atom is 0.295 e. The van der Waals surface area contributed by atoms with E-state index in [1.165, 1.54) is 23.2 Å². The van der Waals surface area contributed by atoms with Crippen LogP contribution in [-0.2, 0) is 14.3 Å². The first-order valence-corrected chi connectivity index (χ1v) is 8.68. The predicted octanol–water partition coefficient (Wildman–Crippen LogP) is 1.65. The van der Waals surface area contributed by atoms with Gasteiger partial charge in [-0.15, -0.1) is 0 Å². The van der Waals surface area contributed by atoms with Gasteiger partial charge in [-0.2, -0.15) is 0 Å². The molecule has 1 amide bonds. The van der Waals surface area contributed by atoms with Crippen molar-refractivity contribution in [3.63, 3.8) is 0 Å². The number of benzene rings is 1. The van der Waals surface area contributed by atoms with Crippen molar-refractivity contribution in [2.24, 2.45) is 0 Å². The highest BCUT2D eigenvalue weighted by Gasteiger charge is 2.46. The van der Waals surface area contributed by atoms with E-state index in [1.807, 2.05) is 0 Å². The minimum absolute atomic E-state index is 0.0754. The molecule has 0 saturated carbocycles. The molecule has 146 valence electrons. The Balaban J connectivity index is 2.03. The third-order valence-corrected chi connectivity index (χ3v) is 4.34. The number of aromatic nitrogens is 1. The maximum atomic E-state index is 13.2. The first-order chi connectivity index (χ1) is 13.5. The van der Waals surface area contributed by atoms with Crippen molar-refractivity contribution in [3.05, 3.63) is 71.3 Å². The summed E-state index contributed by atoms with van der Waals surface area (Å²) < 4.78 is 18.4. The lowest BCUT2D eigenvalue weighted by Gasteiger charge is -2.24. The van der Waals surface area contributed by atoms with Crippen LogP contribution in [0.25, 0.3) is 5.76 Å². The van der Waals surface area contributed by atoms with E-state index < -0.39 is 29.3 Å². The van der Waals surface area contributed by atoms with Gasteiger partial charge in [0.15, 0.2) is 0 Å². The largest absolute Gasteiger partial charge is 0.507 e. The van der Waals surface area contributed by atoms with Gasteiger partial charge in [0.05, 0.1) is 31.1 Å². The molecule has 1 unspecified atom stereocenters. The summed E-state index contributed by atoms with van der Waals surface area (Å²) in [5.41, 5.74) is 0.516. The molecule has 1 fully saturated rings. The van der Waals surface area contributed by atoms with E-state index in [-0.39, 0.29) is 37.5 Å². The second-order valence-electron chi connectivity index (χ2n) is 6.09. The molecule has 0 bridgehead atoms. The summed E-state index contributed by atoms with van der Waals surface area (Å²) in [6.07, 6.45) is 1.52. The fraction of sp³-hybridized carbons (Fsp3) is 0.250. The number of halogens is 1. The van der Waals surface area contributed by atoms with Gasteiger partial charge in [-0.25, -0.2) is 4.39 Å². The monoisotopic (exact) mass is 386 g/mol. The Labute approximate surface area is 160 Å². The molecular weight excluding hydrogens is 367 g/mol. The third-order valence-electron chi connectivity index (χ3n) is 4.34. The van der Waals surface area contributed by atoms with Crippen LogP contribution in [-0.4, -0.2) is 58.2 Å². The van der Waals surface area contributed by atoms with E-state index in [4.69, 9.17) is 9.84 Å². The van der Waals surface area contributed by atoms with Gasteiger partial charge in [0, 0.05) is 18.3 Å². The summed E-state index contributed by atoms with van der Waals surface area (Å²) in [5.74, 6) is -2.52. The number of nitrogens with zero attached hydrogens (tertiary/aromatic N) is 2. The number of carbonyl (C=O) groups excluding carboxylic acids is 2. The molecule has 0 aliphatic carbocycles. The fourth-order valence-corrected chi connectivity index (χ4v) is 3.05. The summed E-state index contributed by atoms with van der Waals surface area (Å²) >= 11 is 0. The highest BCUT2D eigenvalue weighted by Crippen LogP contribution is 2.38. The van der Waals surface area contributed by atoms with Gasteiger partial charge in [0.2, 0.25) is 0 Å². The lowest BCUT2D eigenvalue weighted by molar-refractivity contribution is -0.140. The molecule has 28 heavy (non-hydrogen) atoms. The van der Waals surface area contributed by atoms with Gasteiger partial charge < -0.3 is 19.8 Å². The SMILES string of the molecule is O=C1C(=O)N(CCOCCO)C(c2ccccn2)/C1=C(\O)c1ccc(F)cc1. The second-order valence-corrected chi connectivity index (χ2v) is 6.09. The van der Waals surface area contributed by atoms with Crippen LogP contribution in [0.1, 0.15) is 17.3 Å². The number of aliphatic hydroxyl groups excluding tert-OH is 2. The number of pyridine rings is 1. The molecule has 0 radical (unpaired) electrons. The molecule has 1 atom stereocenters. The summed E-state index contributed by atoms with van der Waals surface area (Å²) in [6, 6.07) is 9.13. The normalized spacial score (nSPS) is 18.6. The van der Waals surface area contributed by atoms with E-state index in [0.717, 1.165) is 12.1 Å². The van der Waals surface area contributed by atoms with Crippen LogP contribution in [0.5, 0.6) is 0 Å². The topological polar surface area (TPSA) is 100.0 Å². The van der Waals surface area contributed by atoms with Crippen LogP contribution >= 0.6 is 0 Å². The average Bonchev–Trinajstić information content (AvgIpc) is 2.97. The number of ketones is 1. The summed E-state index contributed by atoms with van der Waals surface area (Å²) in [5, 5.41) is 19.5. The van der Waals surface area contributed by atoms with Crippen LogP contribution in [0.3, 0.4) is 0 Å². The summed E-state index contributed by atoms with van der Waals surface area (Å²) in [6.45, 7) is 0.125. The van der Waals surface area contributed by atoms with E-state index >= 15 is 0 Å². The molecule has 2 aromatic rings. The first-order valence-electron chi connectivity index (χ1n) is 8.68. The van der Waals surface area contributed by atoms with Gasteiger partial charge in [-0.3, -0.25) is 14.6 Å². The molecule has 0 spiro atoms. The van der Waals surface area contributed by atoms with Crippen LogP contribution in [0.2, 0.25) is 0 Å². The molecule has 1 aromatic heterocycles. The zero-order chi connectivity index (χ0) is 20.1. The number of hydrogen-bond acceptors (Lipinski definition) is 6. The van der Waals surface area contributed by atoms with E-state index in [2.05, 4.69) is 4.98 Å². The third kappa shape index (κ3) is 3.92. The predicted molar refractivity (Wildman–Crippen MR) is 97.6 cm³/mol. The Kier molecular flexibility index (Phi) is 6.13. The summed E-state index contributed by atoms with van der Waals surface area (Å²) in [7, 11) is 0. The van der Waals surface area contributed by atoms with Gasteiger partial charge >= 0.3 is 0 Å². The zero-order valence-electron chi connectivity index (χ0n) is 14.9. The van der Waals surface area contributed by atoms with Gasteiger partial charge in [0.25, 0.3) is 11.7 Å². The van der Waals surface area contributed by atoms with Crippen molar-refractivity contribution in [3.8, 4) is 0 Å². The number of likely N-dealkylation sites (tertiary alicyclic amines) is 1. The molecule has 1 aliphatic rings. The smallest absolute Gasteiger partial charge is 0.295 e. The highest BCUT2D eigenvalue weighted by molar-refractivity contribution is 6.46. The Morgan fingerprint density at radius 2 is 1.89 bits per heavy atom. The number of ether oxygens (including phenoxy) is 1. The molecule has 1 aromatic carbocycles. The number of Topliss-reactive ketones (excluding diaryl/α,β-unsaturated/α-hetero) is 1. The Morgan fingerprint density at radius 1 is 1.14 bits per heavy atom. The molecule has 2 N–H and O–H groups in total. The van der Waals surface area contributed by atoms with Gasteiger partial charge in [-0.1, -0.05) is 6.07 Å². The van der Waals surface area contributed by atoms with Crippen molar-refractivity contribution in [2.45, 2.75) is 6.04 Å². The highest BCUT2D eigenvalue weighted by atomic mass is 19.1. The molecule has 1 aliphatic heterocycles. The first kappa shape index (κ1) is 19.7. The fourth-order valence-electron chi connectivity index (χ4n) is 3.05. The van der Waals surface area contributed by atoms with Crippen molar-refractivity contribution in [1.82, 2.24) is 9.88 Å². The average molecular weight is 386 g/mol. The van der Waals surface area contributed by atoms with Crippen LogP contribution in [0, 0.1) is 5.82 Å². The molecule has 1 saturated heterocycles. The summed E-state index contributed by atoms with van der Waals surface area (Å²) in [4.78, 5) is 30.8. The Morgan fingerprint density at radius 3 is 2.54 bits per heavy atom. The number of carbonyl (C=O) groups is 2. The molecular formula is C20H19FN2O5. The lowest BCUT2D eigenvalue weighted by Crippen LogP contribution is -2.33. The minimum Gasteiger partial charge on any atom is -0.507 e. The number of amides is 1. The zero-order valence-corrected chi connectivity index (χ0v) is 14.9.